The second kappa shape index (κ2) is 3.64. The number of anilines is 1. The number of H-pyrrole nitrogens is 1. The first-order valence-electron chi connectivity index (χ1n) is 4.39. The van der Waals surface area contributed by atoms with Crippen molar-refractivity contribution in [2.75, 3.05) is 5.73 Å². The molecule has 0 aliphatic carbocycles. The summed E-state index contributed by atoms with van der Waals surface area (Å²) in [5, 5.41) is 2.49. The number of hydrogen-bond donors (Lipinski definition) is 4. The normalized spacial score (nSPS) is 11.1. The second-order valence-electron chi connectivity index (χ2n) is 3.79. The number of nitrogens with one attached hydrogen (secondary N) is 2. The van der Waals surface area contributed by atoms with Crippen molar-refractivity contribution in [1.82, 2.24) is 10.3 Å². The Morgan fingerprint density at radius 2 is 2.07 bits per heavy atom. The number of hydrogen-bond acceptors (Lipinski definition) is 3. The predicted octanol–water partition coefficient (Wildman–Crippen LogP) is -0.409. The average Bonchev–Trinajstić information content (AvgIpc) is 2.50. The van der Waals surface area contributed by atoms with E-state index in [4.69, 9.17) is 11.5 Å². The second-order valence-corrected chi connectivity index (χ2v) is 3.79. The third kappa shape index (κ3) is 2.49. The molecule has 0 radical (unpaired) electrons. The van der Waals surface area contributed by atoms with Crippen LogP contribution >= 0.6 is 0 Å². The van der Waals surface area contributed by atoms with Gasteiger partial charge in [-0.05, 0) is 19.9 Å². The van der Waals surface area contributed by atoms with E-state index >= 15 is 0 Å². The number of rotatable bonds is 3. The van der Waals surface area contributed by atoms with Crippen molar-refractivity contribution in [3.05, 3.63) is 18.0 Å². The Morgan fingerprint density at radius 1 is 1.47 bits per heavy atom. The van der Waals surface area contributed by atoms with Crippen molar-refractivity contribution >= 4 is 17.5 Å². The van der Waals surface area contributed by atoms with E-state index in [1.165, 1.54) is 26.1 Å². The molecule has 0 atom stereocenters. The quantitative estimate of drug-likeness (QED) is 0.543. The van der Waals surface area contributed by atoms with Gasteiger partial charge in [0.25, 0.3) is 5.91 Å². The van der Waals surface area contributed by atoms with E-state index in [0.29, 0.717) is 11.4 Å². The topological polar surface area (TPSA) is 114 Å². The number of aromatic nitrogens is 1. The molecule has 1 aromatic heterocycles. The summed E-state index contributed by atoms with van der Waals surface area (Å²) in [7, 11) is 0. The molecule has 0 saturated carbocycles. The molecule has 0 spiro atoms. The summed E-state index contributed by atoms with van der Waals surface area (Å²) >= 11 is 0. The first-order valence-corrected chi connectivity index (χ1v) is 4.39. The summed E-state index contributed by atoms with van der Waals surface area (Å²) in [5.41, 5.74) is 10.2. The zero-order valence-corrected chi connectivity index (χ0v) is 8.63. The summed E-state index contributed by atoms with van der Waals surface area (Å²) in [4.78, 5) is 25.2. The van der Waals surface area contributed by atoms with E-state index in [-0.39, 0.29) is 0 Å². The molecule has 0 aliphatic rings. The van der Waals surface area contributed by atoms with Crippen LogP contribution in [0.1, 0.15) is 24.3 Å². The lowest BCUT2D eigenvalue weighted by atomic mass is 10.1. The van der Waals surface area contributed by atoms with Gasteiger partial charge in [-0.15, -0.1) is 0 Å². The van der Waals surface area contributed by atoms with Crippen molar-refractivity contribution in [3.63, 3.8) is 0 Å². The van der Waals surface area contributed by atoms with E-state index in [9.17, 15) is 9.59 Å². The molecule has 6 N–H and O–H groups in total. The molecule has 15 heavy (non-hydrogen) atoms. The maximum Gasteiger partial charge on any atom is 0.268 e. The van der Waals surface area contributed by atoms with Crippen LogP contribution in [0.3, 0.4) is 0 Å². The van der Waals surface area contributed by atoms with Gasteiger partial charge in [-0.3, -0.25) is 9.59 Å². The highest BCUT2D eigenvalue weighted by atomic mass is 16.2. The fourth-order valence-corrected chi connectivity index (χ4v) is 0.955. The highest BCUT2D eigenvalue weighted by Crippen LogP contribution is 2.07. The molecule has 0 aromatic carbocycles. The summed E-state index contributed by atoms with van der Waals surface area (Å²) in [6.45, 7) is 3.05. The third-order valence-corrected chi connectivity index (χ3v) is 1.99. The molecule has 82 valence electrons. The Hall–Kier alpha value is -1.98. The van der Waals surface area contributed by atoms with Crippen LogP contribution in [0.4, 0.5) is 5.69 Å². The van der Waals surface area contributed by atoms with E-state index in [2.05, 4.69) is 10.3 Å². The van der Waals surface area contributed by atoms with Gasteiger partial charge in [-0.1, -0.05) is 0 Å². The van der Waals surface area contributed by atoms with Gasteiger partial charge in [0.15, 0.2) is 0 Å². The maximum atomic E-state index is 11.6. The summed E-state index contributed by atoms with van der Waals surface area (Å²) in [6.07, 6.45) is 1.49. The standard InChI is InChI=1S/C9H14N4O2/c1-9(2,8(11)15)13-7(14)6-3-5(10)4-12-6/h3-4,12H,10H2,1-2H3,(H2,11,15)(H,13,14). The van der Waals surface area contributed by atoms with Crippen LogP contribution in [0, 0.1) is 0 Å². The number of carbonyl (C=O) groups excluding carboxylic acids is 2. The Morgan fingerprint density at radius 3 is 2.47 bits per heavy atom. The third-order valence-electron chi connectivity index (χ3n) is 1.99. The summed E-state index contributed by atoms with van der Waals surface area (Å²) in [5.74, 6) is -1.02. The van der Waals surface area contributed by atoms with Gasteiger partial charge >= 0.3 is 0 Å². The molecule has 0 bridgehead atoms. The fraction of sp³-hybridized carbons (Fsp3) is 0.333. The Labute approximate surface area is 87.0 Å². The molecule has 6 nitrogen and oxygen atoms in total. The monoisotopic (exact) mass is 210 g/mol. The molecule has 1 heterocycles. The Kier molecular flexibility index (Phi) is 2.69. The predicted molar refractivity (Wildman–Crippen MR) is 55.9 cm³/mol. The van der Waals surface area contributed by atoms with Gasteiger partial charge in [0.2, 0.25) is 5.91 Å². The number of carbonyl (C=O) groups is 2. The minimum absolute atomic E-state index is 0.293. The van der Waals surface area contributed by atoms with Gasteiger partial charge in [0.1, 0.15) is 11.2 Å². The fourth-order valence-electron chi connectivity index (χ4n) is 0.955. The van der Waals surface area contributed by atoms with Crippen LogP contribution in [0.25, 0.3) is 0 Å². The molecule has 0 fully saturated rings. The van der Waals surface area contributed by atoms with E-state index in [1.54, 1.807) is 0 Å². The minimum Gasteiger partial charge on any atom is -0.397 e. The molecule has 0 saturated heterocycles. The SMILES string of the molecule is CC(C)(NC(=O)c1cc(N)c[nH]1)C(N)=O. The van der Waals surface area contributed by atoms with Crippen LogP contribution in [0.2, 0.25) is 0 Å². The lowest BCUT2D eigenvalue weighted by Crippen LogP contribution is -2.53. The smallest absolute Gasteiger partial charge is 0.268 e. The van der Waals surface area contributed by atoms with Crippen molar-refractivity contribution in [2.45, 2.75) is 19.4 Å². The molecule has 6 heteroatoms. The summed E-state index contributed by atoms with van der Waals surface area (Å²) < 4.78 is 0. The number of amides is 2. The molecular formula is C9H14N4O2. The lowest BCUT2D eigenvalue weighted by molar-refractivity contribution is -0.122. The van der Waals surface area contributed by atoms with Gasteiger partial charge in [0.05, 0.1) is 0 Å². The van der Waals surface area contributed by atoms with E-state index in [1.807, 2.05) is 0 Å². The maximum absolute atomic E-state index is 11.6. The van der Waals surface area contributed by atoms with Crippen LogP contribution in [-0.2, 0) is 4.79 Å². The Balaban J connectivity index is 2.76. The van der Waals surface area contributed by atoms with Crippen LogP contribution in [-0.4, -0.2) is 22.3 Å². The molecule has 0 aliphatic heterocycles. The number of primary amides is 1. The first-order chi connectivity index (χ1) is 6.83. The van der Waals surface area contributed by atoms with Crippen molar-refractivity contribution < 1.29 is 9.59 Å². The van der Waals surface area contributed by atoms with E-state index < -0.39 is 17.4 Å². The summed E-state index contributed by atoms with van der Waals surface area (Å²) in [6, 6.07) is 1.48. The average molecular weight is 210 g/mol. The molecule has 1 aromatic rings. The highest BCUT2D eigenvalue weighted by molar-refractivity contribution is 5.97. The van der Waals surface area contributed by atoms with Crippen molar-refractivity contribution in [2.24, 2.45) is 5.73 Å². The van der Waals surface area contributed by atoms with Gasteiger partial charge in [-0.25, -0.2) is 0 Å². The molecule has 2 amide bonds. The minimum atomic E-state index is -1.09. The van der Waals surface area contributed by atoms with Crippen molar-refractivity contribution in [3.8, 4) is 0 Å². The van der Waals surface area contributed by atoms with Crippen LogP contribution in [0.15, 0.2) is 12.3 Å². The molecular weight excluding hydrogens is 196 g/mol. The first kappa shape index (κ1) is 11.1. The van der Waals surface area contributed by atoms with Crippen LogP contribution < -0.4 is 16.8 Å². The zero-order valence-electron chi connectivity index (χ0n) is 8.63. The number of nitrogens with two attached hydrogens (primary N) is 2. The van der Waals surface area contributed by atoms with Gasteiger partial charge < -0.3 is 21.8 Å². The largest absolute Gasteiger partial charge is 0.397 e. The van der Waals surface area contributed by atoms with Crippen molar-refractivity contribution in [1.29, 1.82) is 0 Å². The van der Waals surface area contributed by atoms with Gasteiger partial charge in [0, 0.05) is 11.9 Å². The van der Waals surface area contributed by atoms with Crippen LogP contribution in [0.5, 0.6) is 0 Å². The number of aromatic amines is 1. The Bertz CT molecular complexity index is 395. The highest BCUT2D eigenvalue weighted by Gasteiger charge is 2.27. The lowest BCUT2D eigenvalue weighted by Gasteiger charge is -2.21. The number of nitrogen functional groups attached to an aromatic ring is 1. The van der Waals surface area contributed by atoms with Gasteiger partial charge in [-0.2, -0.15) is 0 Å². The molecule has 1 rings (SSSR count). The molecule has 0 unspecified atom stereocenters. The zero-order chi connectivity index (χ0) is 11.6. The van der Waals surface area contributed by atoms with E-state index in [0.717, 1.165) is 0 Å².